The molecule has 1 aliphatic carbocycles. The number of hydrogen-bond acceptors (Lipinski definition) is 3. The van der Waals surface area contributed by atoms with Crippen molar-refractivity contribution in [3.63, 3.8) is 0 Å². The highest BCUT2D eigenvalue weighted by Crippen LogP contribution is 2.29. The summed E-state index contributed by atoms with van der Waals surface area (Å²) in [6, 6.07) is 9.42. The second-order valence-electron chi connectivity index (χ2n) is 5.61. The Balaban J connectivity index is 1.87. The van der Waals surface area contributed by atoms with E-state index in [2.05, 4.69) is 11.4 Å². The zero-order chi connectivity index (χ0) is 15.7. The lowest BCUT2D eigenvalue weighted by atomic mass is 9.87. The van der Waals surface area contributed by atoms with E-state index in [0.717, 1.165) is 24.8 Å². The van der Waals surface area contributed by atoms with Crippen LogP contribution < -0.4 is 10.9 Å². The van der Waals surface area contributed by atoms with Gasteiger partial charge in [0.15, 0.2) is 5.75 Å². The number of aryl methyl sites for hydroxylation is 2. The third kappa shape index (κ3) is 2.50. The van der Waals surface area contributed by atoms with E-state index >= 15 is 0 Å². The Bertz CT molecular complexity index is 780. The Morgan fingerprint density at radius 2 is 2.09 bits per heavy atom. The number of benzene rings is 1. The first-order chi connectivity index (χ1) is 10.6. The molecule has 0 saturated carbocycles. The second-order valence-corrected chi connectivity index (χ2v) is 5.61. The average Bonchev–Trinajstić information content (AvgIpc) is 2.53. The fraction of sp³-hybridized carbons (Fsp3) is 0.294. The monoisotopic (exact) mass is 298 g/mol. The molecule has 5 nitrogen and oxygen atoms in total. The number of rotatable bonds is 2. The molecule has 3 rings (SSSR count). The lowest BCUT2D eigenvalue weighted by molar-refractivity contribution is 0.0929. The minimum Gasteiger partial charge on any atom is -0.502 e. The molecule has 1 amide bonds. The smallest absolute Gasteiger partial charge is 0.293 e. The van der Waals surface area contributed by atoms with E-state index in [-0.39, 0.29) is 11.6 Å². The van der Waals surface area contributed by atoms with Gasteiger partial charge in [-0.25, -0.2) is 0 Å². The fourth-order valence-corrected chi connectivity index (χ4v) is 2.94. The van der Waals surface area contributed by atoms with Gasteiger partial charge in [-0.1, -0.05) is 24.3 Å². The summed E-state index contributed by atoms with van der Waals surface area (Å²) >= 11 is 0. The van der Waals surface area contributed by atoms with Crippen LogP contribution in [0, 0.1) is 0 Å². The number of hydrogen-bond donors (Lipinski definition) is 2. The van der Waals surface area contributed by atoms with E-state index in [1.54, 1.807) is 0 Å². The molecule has 0 fully saturated rings. The van der Waals surface area contributed by atoms with Crippen molar-refractivity contribution < 1.29 is 9.90 Å². The van der Waals surface area contributed by atoms with Gasteiger partial charge in [-0.3, -0.25) is 9.59 Å². The number of aromatic nitrogens is 1. The predicted molar refractivity (Wildman–Crippen MR) is 82.9 cm³/mol. The van der Waals surface area contributed by atoms with Gasteiger partial charge in [0.05, 0.1) is 11.6 Å². The largest absolute Gasteiger partial charge is 0.502 e. The van der Waals surface area contributed by atoms with Crippen molar-refractivity contribution in [1.29, 1.82) is 0 Å². The minimum atomic E-state index is -0.573. The molecule has 1 aromatic heterocycles. The molecule has 0 spiro atoms. The van der Waals surface area contributed by atoms with E-state index in [1.165, 1.54) is 29.4 Å². The summed E-state index contributed by atoms with van der Waals surface area (Å²) in [6.07, 6.45) is 4.35. The molecule has 22 heavy (non-hydrogen) atoms. The fourth-order valence-electron chi connectivity index (χ4n) is 2.94. The van der Waals surface area contributed by atoms with Crippen LogP contribution in [0.3, 0.4) is 0 Å². The van der Waals surface area contributed by atoms with Crippen molar-refractivity contribution in [1.82, 2.24) is 9.88 Å². The van der Waals surface area contributed by atoms with Crippen LogP contribution in [0.5, 0.6) is 5.75 Å². The van der Waals surface area contributed by atoms with Crippen molar-refractivity contribution in [2.45, 2.75) is 25.3 Å². The van der Waals surface area contributed by atoms with E-state index in [0.29, 0.717) is 0 Å². The molecule has 1 atom stereocenters. The van der Waals surface area contributed by atoms with Gasteiger partial charge in [0.1, 0.15) is 0 Å². The number of nitrogens with zero attached hydrogens (tertiary/aromatic N) is 1. The highest BCUT2D eigenvalue weighted by atomic mass is 16.3. The topological polar surface area (TPSA) is 71.3 Å². The Hall–Kier alpha value is -2.56. The standard InChI is InChI=1S/C17H18N2O3/c1-19-10-9-13(15(20)17(19)22)16(21)18-14-8-4-6-11-5-2-3-7-12(11)14/h2-3,5,7,9-10,14,20H,4,6,8H2,1H3,(H,18,21)/t14-/m1/s1. The molecule has 1 aromatic carbocycles. The first-order valence-corrected chi connectivity index (χ1v) is 7.35. The van der Waals surface area contributed by atoms with Crippen LogP contribution in [0.15, 0.2) is 41.3 Å². The Morgan fingerprint density at radius 1 is 1.32 bits per heavy atom. The second kappa shape index (κ2) is 5.67. The Morgan fingerprint density at radius 3 is 2.91 bits per heavy atom. The predicted octanol–water partition coefficient (Wildman–Crippen LogP) is 1.90. The van der Waals surface area contributed by atoms with Crippen LogP contribution in [-0.2, 0) is 13.5 Å². The summed E-state index contributed by atoms with van der Waals surface area (Å²) in [5.74, 6) is -0.927. The molecule has 1 aliphatic rings. The van der Waals surface area contributed by atoms with Gasteiger partial charge in [0, 0.05) is 13.2 Å². The first kappa shape index (κ1) is 14.4. The van der Waals surface area contributed by atoms with Crippen LogP contribution in [0.25, 0.3) is 0 Å². The van der Waals surface area contributed by atoms with Crippen molar-refractivity contribution >= 4 is 5.91 Å². The zero-order valence-electron chi connectivity index (χ0n) is 12.4. The van der Waals surface area contributed by atoms with Crippen LogP contribution >= 0.6 is 0 Å². The maximum absolute atomic E-state index is 12.4. The summed E-state index contributed by atoms with van der Waals surface area (Å²) in [7, 11) is 1.53. The number of amides is 1. The molecule has 0 bridgehead atoms. The Labute approximate surface area is 128 Å². The average molecular weight is 298 g/mol. The van der Waals surface area contributed by atoms with E-state index in [4.69, 9.17) is 0 Å². The van der Waals surface area contributed by atoms with Gasteiger partial charge < -0.3 is 15.0 Å². The van der Waals surface area contributed by atoms with Gasteiger partial charge >= 0.3 is 0 Å². The molecule has 0 saturated heterocycles. The summed E-state index contributed by atoms with van der Waals surface area (Å²) < 4.78 is 1.24. The number of carbonyl (C=O) groups is 1. The highest BCUT2D eigenvalue weighted by molar-refractivity contribution is 5.96. The lowest BCUT2D eigenvalue weighted by Crippen LogP contribution is -2.32. The lowest BCUT2D eigenvalue weighted by Gasteiger charge is -2.26. The first-order valence-electron chi connectivity index (χ1n) is 7.35. The van der Waals surface area contributed by atoms with Crippen molar-refractivity contribution in [2.75, 3.05) is 0 Å². The number of carbonyl (C=O) groups excluding carboxylic acids is 1. The SMILES string of the molecule is Cn1ccc(C(=O)N[C@@H]2CCCc3ccccc32)c(O)c1=O. The van der Waals surface area contributed by atoms with Gasteiger partial charge in [-0.15, -0.1) is 0 Å². The maximum Gasteiger partial charge on any atom is 0.293 e. The summed E-state index contributed by atoms with van der Waals surface area (Å²) in [5, 5.41) is 12.8. The summed E-state index contributed by atoms with van der Waals surface area (Å²) in [6.45, 7) is 0. The molecule has 114 valence electrons. The Kier molecular flexibility index (Phi) is 3.71. The maximum atomic E-state index is 12.4. The molecular weight excluding hydrogens is 280 g/mol. The molecule has 1 heterocycles. The molecule has 0 radical (unpaired) electrons. The highest BCUT2D eigenvalue weighted by Gasteiger charge is 2.23. The van der Waals surface area contributed by atoms with Crippen molar-refractivity contribution in [2.24, 2.45) is 7.05 Å². The van der Waals surface area contributed by atoms with Crippen LogP contribution in [0.1, 0.15) is 40.4 Å². The van der Waals surface area contributed by atoms with Crippen molar-refractivity contribution in [3.05, 3.63) is 63.6 Å². The van der Waals surface area contributed by atoms with Crippen molar-refractivity contribution in [3.8, 4) is 5.75 Å². The van der Waals surface area contributed by atoms with Gasteiger partial charge in [-0.05, 0) is 36.5 Å². The third-order valence-corrected chi connectivity index (χ3v) is 4.16. The number of nitrogens with one attached hydrogen (secondary N) is 1. The number of fused-ring (bicyclic) bond motifs is 1. The molecular formula is C17H18N2O3. The van der Waals surface area contributed by atoms with E-state index < -0.39 is 17.2 Å². The molecule has 5 heteroatoms. The summed E-state index contributed by atoms with van der Waals surface area (Å²) in [5.41, 5.74) is 1.81. The van der Waals surface area contributed by atoms with Crippen LogP contribution in [-0.4, -0.2) is 15.6 Å². The van der Waals surface area contributed by atoms with Crippen LogP contribution in [0.2, 0.25) is 0 Å². The molecule has 2 aromatic rings. The molecule has 0 unspecified atom stereocenters. The van der Waals surface area contributed by atoms with Crippen LogP contribution in [0.4, 0.5) is 0 Å². The van der Waals surface area contributed by atoms with Gasteiger partial charge in [0.2, 0.25) is 0 Å². The summed E-state index contributed by atoms with van der Waals surface area (Å²) in [4.78, 5) is 24.1. The number of aromatic hydroxyl groups is 1. The third-order valence-electron chi connectivity index (χ3n) is 4.16. The van der Waals surface area contributed by atoms with Gasteiger partial charge in [-0.2, -0.15) is 0 Å². The molecule has 2 N–H and O–H groups in total. The van der Waals surface area contributed by atoms with E-state index in [9.17, 15) is 14.7 Å². The number of pyridine rings is 1. The quantitative estimate of drug-likeness (QED) is 0.889. The van der Waals surface area contributed by atoms with E-state index in [1.807, 2.05) is 18.2 Å². The van der Waals surface area contributed by atoms with Gasteiger partial charge in [0.25, 0.3) is 11.5 Å². The molecule has 0 aliphatic heterocycles. The zero-order valence-corrected chi connectivity index (χ0v) is 12.4. The normalized spacial score (nSPS) is 16.9. The minimum absolute atomic E-state index is 0.0196.